The van der Waals surface area contributed by atoms with Crippen molar-refractivity contribution in [1.29, 1.82) is 0 Å². The van der Waals surface area contributed by atoms with Gasteiger partial charge in [0, 0.05) is 0 Å². The van der Waals surface area contributed by atoms with Crippen molar-refractivity contribution in [2.24, 2.45) is 11.7 Å². The second kappa shape index (κ2) is 8.98. The molecule has 0 aromatic heterocycles. The Labute approximate surface area is 129 Å². The molecular formula is C13H24N4O5. The van der Waals surface area contributed by atoms with Gasteiger partial charge in [-0.2, -0.15) is 0 Å². The topological polar surface area (TPSA) is 151 Å². The van der Waals surface area contributed by atoms with Crippen LogP contribution in [0.1, 0.15) is 27.7 Å². The molecule has 3 amide bonds. The second-order valence-corrected chi connectivity index (χ2v) is 5.29. The number of carbonyl (C=O) groups is 4. The van der Waals surface area contributed by atoms with Gasteiger partial charge in [-0.15, -0.1) is 0 Å². The molecule has 0 fully saturated rings. The lowest BCUT2D eigenvalue weighted by Crippen LogP contribution is -2.56. The summed E-state index contributed by atoms with van der Waals surface area (Å²) in [5.74, 6) is -3.03. The van der Waals surface area contributed by atoms with Crippen LogP contribution in [0.25, 0.3) is 0 Å². The summed E-state index contributed by atoms with van der Waals surface area (Å²) in [5.41, 5.74) is 5.19. The Hall–Kier alpha value is -2.16. The third-order valence-corrected chi connectivity index (χ3v) is 2.93. The Morgan fingerprint density at radius 3 is 1.82 bits per heavy atom. The van der Waals surface area contributed by atoms with Crippen LogP contribution in [-0.4, -0.2) is 53.5 Å². The molecule has 0 radical (unpaired) electrons. The van der Waals surface area contributed by atoms with Crippen molar-refractivity contribution in [3.05, 3.63) is 0 Å². The van der Waals surface area contributed by atoms with E-state index < -0.39 is 41.8 Å². The molecule has 0 rings (SSSR count). The van der Waals surface area contributed by atoms with Crippen molar-refractivity contribution in [2.75, 3.05) is 6.54 Å². The molecule has 0 aromatic rings. The maximum absolute atomic E-state index is 12.1. The molecule has 0 bridgehead atoms. The van der Waals surface area contributed by atoms with E-state index in [2.05, 4.69) is 16.0 Å². The van der Waals surface area contributed by atoms with Gasteiger partial charge in [-0.05, 0) is 19.8 Å². The van der Waals surface area contributed by atoms with Crippen molar-refractivity contribution in [3.8, 4) is 0 Å². The molecule has 0 aliphatic heterocycles. The predicted octanol–water partition coefficient (Wildman–Crippen LogP) is -1.82. The van der Waals surface area contributed by atoms with E-state index in [0.29, 0.717) is 0 Å². The van der Waals surface area contributed by atoms with Crippen LogP contribution in [-0.2, 0) is 19.2 Å². The number of nitrogens with one attached hydrogen (secondary N) is 3. The summed E-state index contributed by atoms with van der Waals surface area (Å²) in [7, 11) is 0. The van der Waals surface area contributed by atoms with Crippen LogP contribution < -0.4 is 21.7 Å². The lowest BCUT2D eigenvalue weighted by atomic mass is 10.0. The van der Waals surface area contributed by atoms with Gasteiger partial charge in [-0.3, -0.25) is 19.2 Å². The van der Waals surface area contributed by atoms with E-state index in [1.807, 2.05) is 0 Å². The van der Waals surface area contributed by atoms with Gasteiger partial charge < -0.3 is 26.8 Å². The Balaban J connectivity index is 4.68. The largest absolute Gasteiger partial charge is 0.480 e. The van der Waals surface area contributed by atoms with Crippen molar-refractivity contribution in [3.63, 3.8) is 0 Å². The van der Waals surface area contributed by atoms with Crippen LogP contribution in [0.3, 0.4) is 0 Å². The zero-order valence-electron chi connectivity index (χ0n) is 13.2. The van der Waals surface area contributed by atoms with E-state index in [0.717, 1.165) is 0 Å². The van der Waals surface area contributed by atoms with Gasteiger partial charge in [0.15, 0.2) is 0 Å². The highest BCUT2D eigenvalue weighted by Crippen LogP contribution is 2.02. The van der Waals surface area contributed by atoms with Crippen molar-refractivity contribution in [1.82, 2.24) is 16.0 Å². The Morgan fingerprint density at radius 1 is 0.909 bits per heavy atom. The molecule has 0 heterocycles. The number of rotatable bonds is 8. The van der Waals surface area contributed by atoms with Gasteiger partial charge in [-0.1, -0.05) is 13.8 Å². The zero-order valence-corrected chi connectivity index (χ0v) is 13.2. The summed E-state index contributed by atoms with van der Waals surface area (Å²) in [4.78, 5) is 45.9. The second-order valence-electron chi connectivity index (χ2n) is 5.29. The SMILES string of the molecule is CC(NC(=O)C(C)NC(=O)C(NC(=O)CN)C(C)C)C(=O)O. The van der Waals surface area contributed by atoms with Gasteiger partial charge in [0.2, 0.25) is 17.7 Å². The summed E-state index contributed by atoms with van der Waals surface area (Å²) in [6.07, 6.45) is 0. The monoisotopic (exact) mass is 316 g/mol. The number of amides is 3. The van der Waals surface area contributed by atoms with E-state index in [4.69, 9.17) is 10.8 Å². The van der Waals surface area contributed by atoms with Gasteiger partial charge in [0.25, 0.3) is 0 Å². The van der Waals surface area contributed by atoms with Gasteiger partial charge in [0.1, 0.15) is 18.1 Å². The summed E-state index contributed by atoms with van der Waals surface area (Å²) < 4.78 is 0. The van der Waals surface area contributed by atoms with Crippen molar-refractivity contribution in [2.45, 2.75) is 45.8 Å². The lowest BCUT2D eigenvalue weighted by Gasteiger charge is -2.24. The fraction of sp³-hybridized carbons (Fsp3) is 0.692. The van der Waals surface area contributed by atoms with Crippen molar-refractivity contribution < 1.29 is 24.3 Å². The molecule has 0 aromatic carbocycles. The fourth-order valence-electron chi connectivity index (χ4n) is 1.54. The minimum atomic E-state index is -1.18. The summed E-state index contributed by atoms with van der Waals surface area (Å²) in [5, 5.41) is 15.9. The van der Waals surface area contributed by atoms with E-state index in [9.17, 15) is 19.2 Å². The average Bonchev–Trinajstić information content (AvgIpc) is 2.43. The third kappa shape index (κ3) is 6.53. The van der Waals surface area contributed by atoms with E-state index >= 15 is 0 Å². The first-order chi connectivity index (χ1) is 10.1. The average molecular weight is 316 g/mol. The highest BCUT2D eigenvalue weighted by molar-refractivity contribution is 5.93. The number of carboxylic acids is 1. The molecule has 3 unspecified atom stereocenters. The highest BCUT2D eigenvalue weighted by Gasteiger charge is 2.27. The molecule has 9 nitrogen and oxygen atoms in total. The number of nitrogens with two attached hydrogens (primary N) is 1. The molecule has 0 spiro atoms. The smallest absolute Gasteiger partial charge is 0.325 e. The first-order valence-electron chi connectivity index (χ1n) is 6.93. The standard InChI is InChI=1S/C13H24N4O5/c1-6(2)10(17-9(18)5-14)12(20)15-7(3)11(19)16-8(4)13(21)22/h6-8,10H,5,14H2,1-4H3,(H,15,20)(H,16,19)(H,17,18)(H,21,22). The van der Waals surface area contributed by atoms with Crippen LogP contribution in [0.4, 0.5) is 0 Å². The van der Waals surface area contributed by atoms with Crippen LogP contribution >= 0.6 is 0 Å². The number of hydrogen-bond acceptors (Lipinski definition) is 5. The molecule has 0 aliphatic rings. The minimum absolute atomic E-state index is 0.205. The van der Waals surface area contributed by atoms with Crippen LogP contribution in [0, 0.1) is 5.92 Å². The maximum Gasteiger partial charge on any atom is 0.325 e. The fourth-order valence-corrected chi connectivity index (χ4v) is 1.54. The molecule has 0 saturated carbocycles. The molecule has 3 atom stereocenters. The zero-order chi connectivity index (χ0) is 17.4. The lowest BCUT2D eigenvalue weighted by molar-refractivity contribution is -0.141. The Morgan fingerprint density at radius 2 is 1.41 bits per heavy atom. The third-order valence-electron chi connectivity index (χ3n) is 2.93. The van der Waals surface area contributed by atoms with Crippen molar-refractivity contribution >= 4 is 23.7 Å². The molecule has 0 aliphatic carbocycles. The van der Waals surface area contributed by atoms with Gasteiger partial charge in [0.05, 0.1) is 6.54 Å². The van der Waals surface area contributed by atoms with E-state index in [-0.39, 0.29) is 12.5 Å². The minimum Gasteiger partial charge on any atom is -0.480 e. The van der Waals surface area contributed by atoms with Gasteiger partial charge in [-0.25, -0.2) is 0 Å². The predicted molar refractivity (Wildman–Crippen MR) is 78.7 cm³/mol. The first kappa shape index (κ1) is 19.8. The normalized spacial score (nSPS) is 14.6. The highest BCUT2D eigenvalue weighted by atomic mass is 16.4. The van der Waals surface area contributed by atoms with Crippen LogP contribution in [0.15, 0.2) is 0 Å². The number of carboxylic acid groups (broad SMARTS) is 1. The quantitative estimate of drug-likeness (QED) is 0.356. The summed E-state index contributed by atoms with van der Waals surface area (Å²) in [6, 6.07) is -2.83. The number of carbonyl (C=O) groups excluding carboxylic acids is 3. The van der Waals surface area contributed by atoms with Crippen LogP contribution in [0.5, 0.6) is 0 Å². The van der Waals surface area contributed by atoms with Crippen LogP contribution in [0.2, 0.25) is 0 Å². The first-order valence-corrected chi connectivity index (χ1v) is 6.93. The Kier molecular flexibility index (Phi) is 8.10. The maximum atomic E-state index is 12.1. The molecule has 126 valence electrons. The molecule has 0 saturated heterocycles. The molecule has 6 N–H and O–H groups in total. The Bertz CT molecular complexity index is 438. The number of aliphatic carboxylic acids is 1. The molecule has 22 heavy (non-hydrogen) atoms. The molecule has 9 heteroatoms. The summed E-state index contributed by atoms with van der Waals surface area (Å²) in [6.45, 7) is 5.95. The van der Waals surface area contributed by atoms with E-state index in [1.165, 1.54) is 13.8 Å². The summed E-state index contributed by atoms with van der Waals surface area (Å²) >= 11 is 0. The van der Waals surface area contributed by atoms with Gasteiger partial charge >= 0.3 is 5.97 Å². The number of hydrogen-bond donors (Lipinski definition) is 5. The molecular weight excluding hydrogens is 292 g/mol. The van der Waals surface area contributed by atoms with E-state index in [1.54, 1.807) is 13.8 Å².